The number of amides is 1. The van der Waals surface area contributed by atoms with E-state index in [4.69, 9.17) is 10.2 Å². The van der Waals surface area contributed by atoms with Crippen molar-refractivity contribution in [3.8, 4) is 5.75 Å². The highest BCUT2D eigenvalue weighted by atomic mass is 16.4. The van der Waals surface area contributed by atoms with Gasteiger partial charge in [0.15, 0.2) is 0 Å². The molecule has 1 aromatic carbocycles. The molecule has 1 amide bonds. The average Bonchev–Trinajstić information content (AvgIpc) is 2.36. The summed E-state index contributed by atoms with van der Waals surface area (Å²) in [6, 6.07) is 5.45. The number of phenols is 1. The molecule has 0 aromatic heterocycles. The zero-order valence-corrected chi connectivity index (χ0v) is 11.5. The minimum Gasteiger partial charge on any atom is -0.508 e. The van der Waals surface area contributed by atoms with Crippen LogP contribution in [0.4, 0.5) is 0 Å². The zero-order chi connectivity index (χ0) is 15.1. The van der Waals surface area contributed by atoms with E-state index < -0.39 is 17.9 Å². The van der Waals surface area contributed by atoms with E-state index in [9.17, 15) is 9.59 Å². The van der Waals surface area contributed by atoms with Gasteiger partial charge in [0.25, 0.3) is 0 Å². The van der Waals surface area contributed by atoms with Crippen LogP contribution in [-0.4, -0.2) is 28.1 Å². The Morgan fingerprint density at radius 1 is 1.25 bits per heavy atom. The number of carbonyl (C=O) groups excluding carboxylic acids is 1. The minimum absolute atomic E-state index is 0.148. The molecule has 0 aliphatic carbocycles. The van der Waals surface area contributed by atoms with Crippen molar-refractivity contribution in [3.05, 3.63) is 35.9 Å². The number of hydrogen-bond acceptors (Lipinski definition) is 3. The Labute approximate surface area is 117 Å². The van der Waals surface area contributed by atoms with Gasteiger partial charge in [-0.15, -0.1) is 0 Å². The van der Waals surface area contributed by atoms with Crippen molar-refractivity contribution in [2.24, 2.45) is 5.92 Å². The summed E-state index contributed by atoms with van der Waals surface area (Å²) in [5.74, 6) is -1.16. The van der Waals surface area contributed by atoms with Crippen molar-refractivity contribution < 1.29 is 19.8 Å². The van der Waals surface area contributed by atoms with Gasteiger partial charge in [0.1, 0.15) is 11.8 Å². The summed E-state index contributed by atoms with van der Waals surface area (Å²) in [5, 5.41) is 20.6. The van der Waals surface area contributed by atoms with Gasteiger partial charge in [0.05, 0.1) is 0 Å². The molecule has 5 nitrogen and oxygen atoms in total. The van der Waals surface area contributed by atoms with E-state index >= 15 is 0 Å². The Morgan fingerprint density at radius 3 is 2.35 bits per heavy atom. The summed E-state index contributed by atoms with van der Waals surface area (Å²) < 4.78 is 0. The van der Waals surface area contributed by atoms with Gasteiger partial charge in [-0.3, -0.25) is 4.79 Å². The maximum Gasteiger partial charge on any atom is 0.326 e. The molecule has 5 heteroatoms. The van der Waals surface area contributed by atoms with E-state index in [0.29, 0.717) is 6.42 Å². The van der Waals surface area contributed by atoms with Gasteiger partial charge >= 0.3 is 5.97 Å². The van der Waals surface area contributed by atoms with E-state index in [1.54, 1.807) is 18.2 Å². The van der Waals surface area contributed by atoms with Gasteiger partial charge < -0.3 is 15.5 Å². The number of carboxylic acids is 1. The van der Waals surface area contributed by atoms with Crippen LogP contribution in [0.2, 0.25) is 0 Å². The number of phenolic OH excluding ortho intramolecular Hbond substituents is 1. The quantitative estimate of drug-likeness (QED) is 0.694. The molecule has 0 saturated carbocycles. The fourth-order valence-corrected chi connectivity index (χ4v) is 1.67. The monoisotopic (exact) mass is 277 g/mol. The van der Waals surface area contributed by atoms with E-state index in [1.807, 2.05) is 13.8 Å². The van der Waals surface area contributed by atoms with Crippen molar-refractivity contribution >= 4 is 18.0 Å². The van der Waals surface area contributed by atoms with Crippen LogP contribution < -0.4 is 5.32 Å². The topological polar surface area (TPSA) is 86.6 Å². The predicted octanol–water partition coefficient (Wildman–Crippen LogP) is 2.02. The smallest absolute Gasteiger partial charge is 0.326 e. The van der Waals surface area contributed by atoms with Crippen LogP contribution in [0.3, 0.4) is 0 Å². The fourth-order valence-electron chi connectivity index (χ4n) is 1.67. The number of aliphatic carboxylic acids is 1. The molecule has 0 aliphatic rings. The highest BCUT2D eigenvalue weighted by Crippen LogP contribution is 2.10. The third-order valence-electron chi connectivity index (χ3n) is 2.64. The third-order valence-corrected chi connectivity index (χ3v) is 2.64. The number of carbonyl (C=O) groups is 2. The highest BCUT2D eigenvalue weighted by molar-refractivity contribution is 5.94. The maximum atomic E-state index is 11.7. The fraction of sp³-hybridized carbons (Fsp3) is 0.333. The van der Waals surface area contributed by atoms with E-state index in [1.165, 1.54) is 18.2 Å². The predicted molar refractivity (Wildman–Crippen MR) is 76.2 cm³/mol. The molecule has 1 unspecified atom stereocenters. The molecule has 0 spiro atoms. The second-order valence-electron chi connectivity index (χ2n) is 4.95. The summed E-state index contributed by atoms with van der Waals surface area (Å²) in [4.78, 5) is 22.7. The normalized spacial score (nSPS) is 12.6. The van der Waals surface area contributed by atoms with Gasteiger partial charge in [-0.25, -0.2) is 4.79 Å². The molecule has 0 saturated heterocycles. The second-order valence-corrected chi connectivity index (χ2v) is 4.95. The molecule has 1 rings (SSSR count). The Morgan fingerprint density at radius 2 is 1.85 bits per heavy atom. The van der Waals surface area contributed by atoms with Crippen LogP contribution in [0.25, 0.3) is 6.08 Å². The zero-order valence-electron chi connectivity index (χ0n) is 11.5. The van der Waals surface area contributed by atoms with Gasteiger partial charge in [0, 0.05) is 6.08 Å². The summed E-state index contributed by atoms with van der Waals surface area (Å²) >= 11 is 0. The number of benzene rings is 1. The number of aromatic hydroxyl groups is 1. The SMILES string of the molecule is CC(C)CC(NC(=O)/C=C/c1ccc(O)cc1)C(=O)O. The molecule has 1 aromatic rings. The largest absolute Gasteiger partial charge is 0.508 e. The lowest BCUT2D eigenvalue weighted by Crippen LogP contribution is -2.40. The van der Waals surface area contributed by atoms with Crippen molar-refractivity contribution in [1.29, 1.82) is 0 Å². The van der Waals surface area contributed by atoms with Gasteiger partial charge in [-0.2, -0.15) is 0 Å². The lowest BCUT2D eigenvalue weighted by atomic mass is 10.0. The van der Waals surface area contributed by atoms with E-state index in [-0.39, 0.29) is 11.7 Å². The van der Waals surface area contributed by atoms with E-state index in [0.717, 1.165) is 5.56 Å². The first-order valence-electron chi connectivity index (χ1n) is 6.39. The molecule has 1 atom stereocenters. The first-order valence-corrected chi connectivity index (χ1v) is 6.39. The third kappa shape index (κ3) is 5.56. The van der Waals surface area contributed by atoms with Crippen molar-refractivity contribution in [1.82, 2.24) is 5.32 Å². The molecular formula is C15H19NO4. The molecule has 0 bridgehead atoms. The van der Waals surface area contributed by atoms with Gasteiger partial charge in [-0.1, -0.05) is 26.0 Å². The van der Waals surface area contributed by atoms with Crippen molar-refractivity contribution in [2.75, 3.05) is 0 Å². The molecule has 0 fully saturated rings. The molecular weight excluding hydrogens is 258 g/mol. The van der Waals surface area contributed by atoms with Crippen LogP contribution in [0.5, 0.6) is 5.75 Å². The Kier molecular flexibility index (Phi) is 5.77. The average molecular weight is 277 g/mol. The molecule has 0 aliphatic heterocycles. The Balaban J connectivity index is 2.61. The number of carboxylic acid groups (broad SMARTS) is 1. The van der Waals surface area contributed by atoms with Crippen molar-refractivity contribution in [2.45, 2.75) is 26.3 Å². The highest BCUT2D eigenvalue weighted by Gasteiger charge is 2.19. The maximum absolute atomic E-state index is 11.7. The van der Waals surface area contributed by atoms with Crippen LogP contribution in [0, 0.1) is 5.92 Å². The summed E-state index contributed by atoms with van der Waals surface area (Å²) in [7, 11) is 0. The summed E-state index contributed by atoms with van der Waals surface area (Å²) in [5.41, 5.74) is 0.744. The summed E-state index contributed by atoms with van der Waals surface area (Å²) in [6.45, 7) is 3.79. The molecule has 20 heavy (non-hydrogen) atoms. The van der Waals surface area contributed by atoms with Crippen LogP contribution in [0.1, 0.15) is 25.8 Å². The summed E-state index contributed by atoms with van der Waals surface area (Å²) in [6.07, 6.45) is 3.22. The molecule has 0 radical (unpaired) electrons. The van der Waals surface area contributed by atoms with Crippen LogP contribution >= 0.6 is 0 Å². The number of rotatable bonds is 6. The lowest BCUT2D eigenvalue weighted by molar-refractivity contribution is -0.141. The number of nitrogens with one attached hydrogen (secondary N) is 1. The second kappa shape index (κ2) is 7.33. The molecule has 0 heterocycles. The lowest BCUT2D eigenvalue weighted by Gasteiger charge is -2.15. The number of hydrogen-bond donors (Lipinski definition) is 3. The first kappa shape index (κ1) is 15.8. The standard InChI is InChI=1S/C15H19NO4/c1-10(2)9-13(15(19)20)16-14(18)8-5-11-3-6-12(17)7-4-11/h3-8,10,13,17H,9H2,1-2H3,(H,16,18)(H,19,20)/b8-5+. The van der Waals surface area contributed by atoms with Crippen LogP contribution in [-0.2, 0) is 9.59 Å². The van der Waals surface area contributed by atoms with Crippen LogP contribution in [0.15, 0.2) is 30.3 Å². The minimum atomic E-state index is -1.04. The Bertz CT molecular complexity index is 491. The molecule has 3 N–H and O–H groups in total. The van der Waals surface area contributed by atoms with Crippen molar-refractivity contribution in [3.63, 3.8) is 0 Å². The Hall–Kier alpha value is -2.30. The van der Waals surface area contributed by atoms with E-state index in [2.05, 4.69) is 5.32 Å². The first-order chi connectivity index (χ1) is 9.38. The van der Waals surface area contributed by atoms with Gasteiger partial charge in [-0.05, 0) is 36.1 Å². The van der Waals surface area contributed by atoms with Gasteiger partial charge in [0.2, 0.25) is 5.91 Å². The molecule has 108 valence electrons.